The third-order valence-corrected chi connectivity index (χ3v) is 3.44. The summed E-state index contributed by atoms with van der Waals surface area (Å²) in [7, 11) is 0. The summed E-state index contributed by atoms with van der Waals surface area (Å²) in [5.74, 6) is 0.290. The molecule has 0 fully saturated rings. The average molecular weight is 314 g/mol. The minimum absolute atomic E-state index is 0.00184. The lowest BCUT2D eigenvalue weighted by atomic mass is 10.1. The van der Waals surface area contributed by atoms with Crippen molar-refractivity contribution in [2.24, 2.45) is 0 Å². The molecule has 0 unspecified atom stereocenters. The van der Waals surface area contributed by atoms with Gasteiger partial charge in [-0.15, -0.1) is 0 Å². The molecule has 1 aromatic carbocycles. The number of nitro groups is 1. The van der Waals surface area contributed by atoms with Crippen molar-refractivity contribution in [2.45, 2.75) is 13.0 Å². The number of aryl methyl sites for hydroxylation is 1. The Morgan fingerprint density at radius 3 is 2.65 bits per heavy atom. The number of hydrogen-bond donors (Lipinski definition) is 2. The van der Waals surface area contributed by atoms with Gasteiger partial charge in [-0.3, -0.25) is 10.1 Å². The molecule has 0 atom stereocenters. The highest BCUT2D eigenvalue weighted by Crippen LogP contribution is 2.31. The van der Waals surface area contributed by atoms with E-state index in [2.05, 4.69) is 15.1 Å². The summed E-state index contributed by atoms with van der Waals surface area (Å²) in [6.07, 6.45) is 1.88. The summed E-state index contributed by atoms with van der Waals surface area (Å²) in [6.45, 7) is 0.519. The topological polar surface area (TPSA) is 133 Å². The van der Waals surface area contributed by atoms with Crippen molar-refractivity contribution in [2.75, 3.05) is 12.3 Å². The third kappa shape index (κ3) is 2.69. The molecule has 9 heteroatoms. The van der Waals surface area contributed by atoms with Crippen LogP contribution in [0.25, 0.3) is 22.3 Å². The highest BCUT2D eigenvalue weighted by molar-refractivity contribution is 5.98. The number of benzene rings is 1. The first kappa shape index (κ1) is 14.9. The molecule has 3 N–H and O–H groups in total. The third-order valence-electron chi connectivity index (χ3n) is 3.44. The first-order chi connectivity index (χ1) is 11.1. The summed E-state index contributed by atoms with van der Waals surface area (Å²) in [5.41, 5.74) is 7.77. The predicted octanol–water partition coefficient (Wildman–Crippen LogP) is 1.37. The summed E-state index contributed by atoms with van der Waals surface area (Å²) in [6, 6.07) is 6.05. The lowest BCUT2D eigenvalue weighted by molar-refractivity contribution is -0.384. The van der Waals surface area contributed by atoms with E-state index in [1.54, 1.807) is 16.8 Å². The minimum Gasteiger partial charge on any atom is -0.396 e. The van der Waals surface area contributed by atoms with Gasteiger partial charge >= 0.3 is 0 Å². The molecule has 0 aliphatic rings. The minimum atomic E-state index is -0.459. The lowest BCUT2D eigenvalue weighted by Crippen LogP contribution is -2.03. The summed E-state index contributed by atoms with van der Waals surface area (Å²) >= 11 is 0. The number of nitro benzene ring substituents is 1. The molecule has 0 radical (unpaired) electrons. The van der Waals surface area contributed by atoms with E-state index in [0.29, 0.717) is 41.1 Å². The Balaban J connectivity index is 2.14. The Hall–Kier alpha value is -3.07. The van der Waals surface area contributed by atoms with E-state index >= 15 is 0 Å². The average Bonchev–Trinajstić information content (AvgIpc) is 2.93. The molecule has 0 saturated heterocycles. The molecule has 0 aliphatic heterocycles. The zero-order valence-electron chi connectivity index (χ0n) is 12.1. The quantitative estimate of drug-likeness (QED) is 0.536. The highest BCUT2D eigenvalue weighted by atomic mass is 16.6. The molecule has 3 rings (SSSR count). The second kappa shape index (κ2) is 5.97. The number of rotatable bonds is 5. The second-order valence-electron chi connectivity index (χ2n) is 4.91. The van der Waals surface area contributed by atoms with Crippen molar-refractivity contribution >= 4 is 22.5 Å². The molecule has 0 aliphatic carbocycles. The number of nitrogens with zero attached hydrogens (tertiary/aromatic N) is 5. The Labute approximate surface area is 130 Å². The van der Waals surface area contributed by atoms with Crippen LogP contribution in [0.1, 0.15) is 6.42 Å². The second-order valence-corrected chi connectivity index (χ2v) is 4.91. The van der Waals surface area contributed by atoms with E-state index in [1.165, 1.54) is 18.5 Å². The number of anilines is 1. The van der Waals surface area contributed by atoms with Crippen LogP contribution >= 0.6 is 0 Å². The Bertz CT molecular complexity index is 859. The standard InChI is InChI=1S/C14H14N6O3/c15-13-11-12(9-2-4-10(5-3-9)20(22)23)18-19(6-1-7-21)14(11)17-8-16-13/h2-5,8,21H,1,6-7H2,(H2,15,16,17). The molecular formula is C14H14N6O3. The van der Waals surface area contributed by atoms with Crippen molar-refractivity contribution in [3.8, 4) is 11.3 Å². The first-order valence-electron chi connectivity index (χ1n) is 6.94. The number of hydrogen-bond acceptors (Lipinski definition) is 7. The van der Waals surface area contributed by atoms with Crippen molar-refractivity contribution < 1.29 is 10.0 Å². The van der Waals surface area contributed by atoms with Crippen LogP contribution in [-0.4, -0.2) is 36.4 Å². The highest BCUT2D eigenvalue weighted by Gasteiger charge is 2.17. The Morgan fingerprint density at radius 2 is 2.00 bits per heavy atom. The van der Waals surface area contributed by atoms with Gasteiger partial charge in [0.1, 0.15) is 17.8 Å². The van der Waals surface area contributed by atoms with E-state index in [4.69, 9.17) is 10.8 Å². The molecule has 0 saturated carbocycles. The fourth-order valence-corrected chi connectivity index (χ4v) is 2.35. The van der Waals surface area contributed by atoms with E-state index in [1.807, 2.05) is 0 Å². The lowest BCUT2D eigenvalue weighted by Gasteiger charge is -2.00. The van der Waals surface area contributed by atoms with Crippen LogP contribution in [0.3, 0.4) is 0 Å². The van der Waals surface area contributed by atoms with Crippen LogP contribution in [0.2, 0.25) is 0 Å². The Kier molecular flexibility index (Phi) is 3.85. The van der Waals surface area contributed by atoms with E-state index in [0.717, 1.165) is 0 Å². The maximum absolute atomic E-state index is 10.8. The van der Waals surface area contributed by atoms with Gasteiger partial charge in [-0.1, -0.05) is 0 Å². The van der Waals surface area contributed by atoms with Crippen LogP contribution in [0.5, 0.6) is 0 Å². The van der Waals surface area contributed by atoms with Gasteiger partial charge in [-0.25, -0.2) is 14.6 Å². The molecule has 0 bridgehead atoms. The van der Waals surface area contributed by atoms with Gasteiger partial charge in [-0.05, 0) is 18.6 Å². The van der Waals surface area contributed by atoms with Crippen LogP contribution in [0.4, 0.5) is 11.5 Å². The van der Waals surface area contributed by atoms with Crippen molar-refractivity contribution in [1.82, 2.24) is 19.7 Å². The smallest absolute Gasteiger partial charge is 0.269 e. The van der Waals surface area contributed by atoms with Crippen molar-refractivity contribution in [3.63, 3.8) is 0 Å². The molecule has 3 aromatic rings. The molecule has 0 amide bonds. The molecule has 0 spiro atoms. The number of nitrogens with two attached hydrogens (primary N) is 1. The summed E-state index contributed by atoms with van der Waals surface area (Å²) < 4.78 is 1.65. The Morgan fingerprint density at radius 1 is 1.26 bits per heavy atom. The van der Waals surface area contributed by atoms with E-state index in [9.17, 15) is 10.1 Å². The molecule has 118 valence electrons. The van der Waals surface area contributed by atoms with E-state index < -0.39 is 4.92 Å². The van der Waals surface area contributed by atoms with Crippen molar-refractivity contribution in [3.05, 3.63) is 40.7 Å². The predicted molar refractivity (Wildman–Crippen MR) is 83.5 cm³/mol. The van der Waals surface area contributed by atoms with Gasteiger partial charge in [0.05, 0.1) is 10.3 Å². The fourth-order valence-electron chi connectivity index (χ4n) is 2.35. The van der Waals surface area contributed by atoms with Gasteiger partial charge in [0, 0.05) is 30.8 Å². The van der Waals surface area contributed by atoms with Gasteiger partial charge < -0.3 is 10.8 Å². The number of fused-ring (bicyclic) bond motifs is 1. The molecule has 23 heavy (non-hydrogen) atoms. The van der Waals surface area contributed by atoms with Crippen LogP contribution in [0.15, 0.2) is 30.6 Å². The normalized spacial score (nSPS) is 11.0. The summed E-state index contributed by atoms with van der Waals surface area (Å²) in [5, 5.41) is 24.8. The number of aliphatic hydroxyl groups is 1. The number of aliphatic hydroxyl groups excluding tert-OH is 1. The van der Waals surface area contributed by atoms with Gasteiger partial charge in [0.2, 0.25) is 0 Å². The van der Waals surface area contributed by atoms with Gasteiger partial charge in [0.15, 0.2) is 5.65 Å². The zero-order valence-corrected chi connectivity index (χ0v) is 12.1. The van der Waals surface area contributed by atoms with Crippen LogP contribution in [0, 0.1) is 10.1 Å². The fraction of sp³-hybridized carbons (Fsp3) is 0.214. The van der Waals surface area contributed by atoms with E-state index in [-0.39, 0.29) is 12.3 Å². The molecule has 2 heterocycles. The van der Waals surface area contributed by atoms with Gasteiger partial charge in [0.25, 0.3) is 5.69 Å². The first-order valence-corrected chi connectivity index (χ1v) is 6.94. The number of non-ortho nitro benzene ring substituents is 1. The summed E-state index contributed by atoms with van der Waals surface area (Å²) in [4.78, 5) is 18.5. The number of aromatic nitrogens is 4. The zero-order chi connectivity index (χ0) is 16.4. The molecule has 2 aromatic heterocycles. The number of nitrogen functional groups attached to an aromatic ring is 1. The SMILES string of the molecule is Nc1ncnc2c1c(-c1ccc([N+](=O)[O-])cc1)nn2CCCO. The largest absolute Gasteiger partial charge is 0.396 e. The maximum atomic E-state index is 10.8. The van der Waals surface area contributed by atoms with Gasteiger partial charge in [-0.2, -0.15) is 5.10 Å². The molecular weight excluding hydrogens is 300 g/mol. The monoisotopic (exact) mass is 314 g/mol. The van der Waals surface area contributed by atoms with Crippen molar-refractivity contribution in [1.29, 1.82) is 0 Å². The maximum Gasteiger partial charge on any atom is 0.269 e. The molecule has 9 nitrogen and oxygen atoms in total. The van der Waals surface area contributed by atoms with Crippen LogP contribution < -0.4 is 5.73 Å². The van der Waals surface area contributed by atoms with Crippen LogP contribution in [-0.2, 0) is 6.54 Å².